The van der Waals surface area contributed by atoms with Crippen LogP contribution in [0.3, 0.4) is 0 Å². The number of piperidine rings is 1. The Kier molecular flexibility index (Phi) is 6.05. The first-order valence-electron chi connectivity index (χ1n) is 7.86. The van der Waals surface area contributed by atoms with E-state index in [2.05, 4.69) is 33.9 Å². The molecule has 1 rings (SSSR count). The number of carboxylic acid groups (broad SMARTS) is 1. The molecule has 1 aliphatic heterocycles. The van der Waals surface area contributed by atoms with Crippen LogP contribution >= 0.6 is 0 Å². The van der Waals surface area contributed by atoms with Gasteiger partial charge in [0, 0.05) is 18.5 Å². The highest BCUT2D eigenvalue weighted by molar-refractivity contribution is 6.74. The van der Waals surface area contributed by atoms with Crippen LogP contribution in [0.1, 0.15) is 33.6 Å². The number of hydrogen-bond acceptors (Lipinski definition) is 4. The highest BCUT2D eigenvalue weighted by Gasteiger charge is 2.44. The molecule has 1 heterocycles. The van der Waals surface area contributed by atoms with Crippen molar-refractivity contribution >= 4 is 14.4 Å². The van der Waals surface area contributed by atoms with Gasteiger partial charge in [-0.1, -0.05) is 20.8 Å². The van der Waals surface area contributed by atoms with Gasteiger partial charge in [-0.25, -0.2) is 4.79 Å². The summed E-state index contributed by atoms with van der Waals surface area (Å²) in [5, 5.41) is 29.4. The molecule has 7 heteroatoms. The average Bonchev–Trinajstić information content (AvgIpc) is 2.43. The van der Waals surface area contributed by atoms with E-state index in [9.17, 15) is 15.0 Å². The zero-order chi connectivity index (χ0) is 17.2. The van der Waals surface area contributed by atoms with Gasteiger partial charge in [0.1, 0.15) is 0 Å². The lowest BCUT2D eigenvalue weighted by Gasteiger charge is -2.44. The van der Waals surface area contributed by atoms with Crippen LogP contribution in [0.25, 0.3) is 0 Å². The third kappa shape index (κ3) is 4.22. The third-order valence-corrected chi connectivity index (χ3v) is 9.96. The van der Waals surface area contributed by atoms with Gasteiger partial charge in [-0.15, -0.1) is 0 Å². The second-order valence-electron chi connectivity index (χ2n) is 7.88. The maximum absolute atomic E-state index is 11.0. The smallest absolute Gasteiger partial charge is 0.407 e. The Morgan fingerprint density at radius 1 is 1.32 bits per heavy atom. The van der Waals surface area contributed by atoms with Crippen molar-refractivity contribution < 1.29 is 24.5 Å². The van der Waals surface area contributed by atoms with Crippen LogP contribution in [0.5, 0.6) is 0 Å². The minimum Gasteiger partial charge on any atom is -0.465 e. The molecule has 0 bridgehead atoms. The molecule has 6 nitrogen and oxygen atoms in total. The van der Waals surface area contributed by atoms with Gasteiger partial charge in [0.15, 0.2) is 8.32 Å². The molecule has 0 radical (unpaired) electrons. The molecular formula is C15H31NO5Si. The lowest BCUT2D eigenvalue weighted by Crippen LogP contribution is -2.52. The van der Waals surface area contributed by atoms with E-state index in [-0.39, 0.29) is 18.3 Å². The van der Waals surface area contributed by atoms with Crippen molar-refractivity contribution in [3.05, 3.63) is 0 Å². The summed E-state index contributed by atoms with van der Waals surface area (Å²) in [4.78, 5) is 12.3. The largest absolute Gasteiger partial charge is 0.465 e. The number of amides is 1. The summed E-state index contributed by atoms with van der Waals surface area (Å²) >= 11 is 0. The lowest BCUT2D eigenvalue weighted by molar-refractivity contribution is -0.0735. The minimum atomic E-state index is -1.95. The Hall–Kier alpha value is -0.633. The summed E-state index contributed by atoms with van der Waals surface area (Å²) in [6, 6.07) is 0. The lowest BCUT2D eigenvalue weighted by atomic mass is 9.74. The monoisotopic (exact) mass is 333 g/mol. The first-order valence-corrected chi connectivity index (χ1v) is 10.8. The molecule has 0 aromatic rings. The minimum absolute atomic E-state index is 0.0613. The van der Waals surface area contributed by atoms with Crippen LogP contribution < -0.4 is 0 Å². The number of aliphatic hydroxyl groups is 2. The molecule has 0 spiro atoms. The van der Waals surface area contributed by atoms with Crippen LogP contribution in [-0.4, -0.2) is 67.0 Å². The second kappa shape index (κ2) is 6.86. The quantitative estimate of drug-likeness (QED) is 0.671. The molecule has 0 aromatic carbocycles. The summed E-state index contributed by atoms with van der Waals surface area (Å²) in [6.07, 6.45) is -0.809. The third-order valence-electron chi connectivity index (χ3n) is 5.46. The number of likely N-dealkylation sites (tertiary alicyclic amines) is 1. The van der Waals surface area contributed by atoms with E-state index < -0.39 is 25.9 Å². The fourth-order valence-electron chi connectivity index (χ4n) is 2.42. The van der Waals surface area contributed by atoms with Gasteiger partial charge in [-0.3, -0.25) is 0 Å². The van der Waals surface area contributed by atoms with Gasteiger partial charge in [0.2, 0.25) is 0 Å². The molecule has 1 amide bonds. The van der Waals surface area contributed by atoms with Gasteiger partial charge in [0.05, 0.1) is 19.3 Å². The van der Waals surface area contributed by atoms with Gasteiger partial charge in [-0.05, 0) is 31.0 Å². The maximum Gasteiger partial charge on any atom is 0.407 e. The van der Waals surface area contributed by atoms with Gasteiger partial charge in [-0.2, -0.15) is 0 Å². The highest BCUT2D eigenvalue weighted by atomic mass is 28.4. The van der Waals surface area contributed by atoms with Gasteiger partial charge < -0.3 is 24.6 Å². The van der Waals surface area contributed by atoms with Crippen LogP contribution in [0.2, 0.25) is 18.1 Å². The molecule has 1 unspecified atom stereocenters. The number of nitrogens with zero attached hydrogens (tertiary/aromatic N) is 1. The van der Waals surface area contributed by atoms with Crippen LogP contribution in [-0.2, 0) is 4.43 Å². The SMILES string of the molecule is CC(C)(C)[Si](C)(C)OCC(O)C1(CO)CCN(C(=O)O)CC1. The standard InChI is InChI=1S/C15H31NO5Si/c1-14(2,3)22(4,5)21-10-12(18)15(11-17)6-8-16(9-7-15)13(19)20/h12,17-18H,6-11H2,1-5H3,(H,19,20). The van der Waals surface area contributed by atoms with E-state index in [4.69, 9.17) is 9.53 Å². The summed E-state index contributed by atoms with van der Waals surface area (Å²) in [5.74, 6) is 0. The van der Waals surface area contributed by atoms with Crippen molar-refractivity contribution in [2.75, 3.05) is 26.3 Å². The first kappa shape index (κ1) is 19.4. The Morgan fingerprint density at radius 3 is 2.18 bits per heavy atom. The second-order valence-corrected chi connectivity index (χ2v) is 12.7. The number of carbonyl (C=O) groups is 1. The molecule has 1 aliphatic rings. The van der Waals surface area contributed by atoms with Gasteiger partial charge >= 0.3 is 6.09 Å². The Labute approximate surface area is 134 Å². The molecule has 0 saturated carbocycles. The topological polar surface area (TPSA) is 90.2 Å². The van der Waals surface area contributed by atoms with E-state index >= 15 is 0 Å². The number of hydrogen-bond donors (Lipinski definition) is 3. The predicted molar refractivity (Wildman–Crippen MR) is 87.5 cm³/mol. The van der Waals surface area contributed by atoms with Crippen molar-refractivity contribution in [2.24, 2.45) is 5.41 Å². The Balaban J connectivity index is 2.66. The fourth-order valence-corrected chi connectivity index (χ4v) is 3.43. The summed E-state index contributed by atoms with van der Waals surface area (Å²) < 4.78 is 6.06. The molecular weight excluding hydrogens is 302 g/mol. The molecule has 3 N–H and O–H groups in total. The van der Waals surface area contributed by atoms with Crippen LogP contribution in [0, 0.1) is 5.41 Å². The first-order chi connectivity index (χ1) is 9.95. The molecule has 0 aromatic heterocycles. The van der Waals surface area contributed by atoms with Crippen molar-refractivity contribution in [3.63, 3.8) is 0 Å². The van der Waals surface area contributed by atoms with Crippen molar-refractivity contribution in [1.82, 2.24) is 4.90 Å². The number of rotatable bonds is 5. The predicted octanol–water partition coefficient (Wildman–Crippen LogP) is 2.12. The van der Waals surface area contributed by atoms with Crippen LogP contribution in [0.15, 0.2) is 0 Å². The maximum atomic E-state index is 11.0. The molecule has 1 atom stereocenters. The van der Waals surface area contributed by atoms with Crippen molar-refractivity contribution in [3.8, 4) is 0 Å². The highest BCUT2D eigenvalue weighted by Crippen LogP contribution is 2.39. The summed E-state index contributed by atoms with van der Waals surface area (Å²) in [7, 11) is -1.95. The van der Waals surface area contributed by atoms with E-state index in [0.717, 1.165) is 0 Å². The van der Waals surface area contributed by atoms with E-state index in [1.165, 1.54) is 4.90 Å². The Morgan fingerprint density at radius 2 is 1.82 bits per heavy atom. The normalized spacial score (nSPS) is 20.8. The number of aliphatic hydroxyl groups excluding tert-OH is 2. The zero-order valence-corrected chi connectivity index (χ0v) is 15.4. The fraction of sp³-hybridized carbons (Fsp3) is 0.933. The molecule has 1 saturated heterocycles. The molecule has 1 fully saturated rings. The molecule has 0 aliphatic carbocycles. The molecule has 130 valence electrons. The van der Waals surface area contributed by atoms with Gasteiger partial charge in [0.25, 0.3) is 0 Å². The average molecular weight is 334 g/mol. The summed E-state index contributed by atoms with van der Waals surface area (Å²) in [6.45, 7) is 11.4. The van der Waals surface area contributed by atoms with Crippen LogP contribution in [0.4, 0.5) is 4.79 Å². The van der Waals surface area contributed by atoms with E-state index in [1.54, 1.807) is 0 Å². The Bertz CT molecular complexity index is 386. The molecule has 22 heavy (non-hydrogen) atoms. The van der Waals surface area contributed by atoms with Crippen molar-refractivity contribution in [2.45, 2.75) is 57.8 Å². The van der Waals surface area contributed by atoms with E-state index in [1.807, 2.05) is 0 Å². The van der Waals surface area contributed by atoms with E-state index in [0.29, 0.717) is 25.9 Å². The van der Waals surface area contributed by atoms with Crippen molar-refractivity contribution in [1.29, 1.82) is 0 Å². The zero-order valence-electron chi connectivity index (χ0n) is 14.4. The summed E-state index contributed by atoms with van der Waals surface area (Å²) in [5.41, 5.74) is -0.658.